The summed E-state index contributed by atoms with van der Waals surface area (Å²) >= 11 is 1.73. The van der Waals surface area contributed by atoms with Gasteiger partial charge >= 0.3 is 0 Å². The van der Waals surface area contributed by atoms with E-state index < -0.39 is 0 Å². The zero-order valence-corrected chi connectivity index (χ0v) is 8.60. The molecule has 1 aliphatic heterocycles. The first-order chi connectivity index (χ1) is 6.42. The molecule has 1 atom stereocenters. The van der Waals surface area contributed by atoms with Crippen LogP contribution in [0.2, 0.25) is 0 Å². The van der Waals surface area contributed by atoms with Crippen LogP contribution in [0.1, 0.15) is 24.4 Å². The summed E-state index contributed by atoms with van der Waals surface area (Å²) in [6, 6.07) is 4.74. The van der Waals surface area contributed by atoms with Crippen LogP contribution in [-0.2, 0) is 0 Å². The fourth-order valence-electron chi connectivity index (χ4n) is 1.79. The molecule has 0 amide bonds. The van der Waals surface area contributed by atoms with Crippen LogP contribution in [0.5, 0.6) is 0 Å². The van der Waals surface area contributed by atoms with E-state index in [1.54, 1.807) is 11.8 Å². The van der Waals surface area contributed by atoms with E-state index in [2.05, 4.69) is 22.6 Å². The monoisotopic (exact) mass is 194 g/mol. The second kappa shape index (κ2) is 4.11. The minimum Gasteiger partial charge on any atom is -0.310 e. The van der Waals surface area contributed by atoms with Crippen molar-refractivity contribution in [2.24, 2.45) is 0 Å². The lowest BCUT2D eigenvalue weighted by molar-refractivity contribution is 0.629. The molecule has 2 nitrogen and oxygen atoms in total. The van der Waals surface area contributed by atoms with Crippen molar-refractivity contribution in [1.29, 1.82) is 0 Å². The van der Waals surface area contributed by atoms with E-state index in [9.17, 15) is 0 Å². The maximum absolute atomic E-state index is 4.36. The molecule has 0 saturated carbocycles. The third-order valence-electron chi connectivity index (χ3n) is 2.43. The molecule has 1 fully saturated rings. The molecule has 1 aliphatic rings. The van der Waals surface area contributed by atoms with Gasteiger partial charge in [-0.15, -0.1) is 11.8 Å². The number of nitrogens with zero attached hydrogens (tertiary/aromatic N) is 1. The van der Waals surface area contributed by atoms with Gasteiger partial charge in [0.1, 0.15) is 5.03 Å². The van der Waals surface area contributed by atoms with Crippen molar-refractivity contribution in [2.75, 3.05) is 12.8 Å². The Morgan fingerprint density at radius 1 is 1.62 bits per heavy atom. The van der Waals surface area contributed by atoms with Crippen LogP contribution in [0.15, 0.2) is 23.4 Å². The number of thioether (sulfide) groups is 1. The molecule has 0 bridgehead atoms. The summed E-state index contributed by atoms with van der Waals surface area (Å²) in [7, 11) is 0. The number of hydrogen-bond donors (Lipinski definition) is 1. The second-order valence-corrected chi connectivity index (χ2v) is 4.05. The van der Waals surface area contributed by atoms with E-state index in [0.29, 0.717) is 6.04 Å². The van der Waals surface area contributed by atoms with Crippen molar-refractivity contribution in [3.8, 4) is 0 Å². The average Bonchev–Trinajstić information content (AvgIpc) is 2.70. The number of aromatic nitrogens is 1. The number of nitrogens with one attached hydrogen (secondary N) is 1. The third-order valence-corrected chi connectivity index (χ3v) is 3.16. The van der Waals surface area contributed by atoms with Crippen molar-refractivity contribution < 1.29 is 0 Å². The Kier molecular flexibility index (Phi) is 2.86. The third kappa shape index (κ3) is 1.86. The number of hydrogen-bond acceptors (Lipinski definition) is 3. The maximum atomic E-state index is 4.36. The standard InChI is InChI=1S/C10H14N2S/c1-13-10-8(4-2-7-12-10)9-5-3-6-11-9/h2,4,7,9,11H,3,5-6H2,1H3/t9-/m1/s1. The highest BCUT2D eigenvalue weighted by molar-refractivity contribution is 7.98. The average molecular weight is 194 g/mol. The Morgan fingerprint density at radius 2 is 2.54 bits per heavy atom. The van der Waals surface area contributed by atoms with Crippen molar-refractivity contribution in [3.63, 3.8) is 0 Å². The van der Waals surface area contributed by atoms with Crippen LogP contribution in [0, 0.1) is 0 Å². The van der Waals surface area contributed by atoms with Gasteiger partial charge in [0.25, 0.3) is 0 Å². The largest absolute Gasteiger partial charge is 0.310 e. The molecule has 0 radical (unpaired) electrons. The Bertz CT molecular complexity index is 282. The summed E-state index contributed by atoms with van der Waals surface area (Å²) in [4.78, 5) is 4.36. The van der Waals surface area contributed by atoms with Gasteiger partial charge in [-0.25, -0.2) is 4.98 Å². The fraction of sp³-hybridized carbons (Fsp3) is 0.500. The van der Waals surface area contributed by atoms with E-state index in [0.717, 1.165) is 6.54 Å². The van der Waals surface area contributed by atoms with Gasteiger partial charge in [-0.3, -0.25) is 0 Å². The molecule has 2 rings (SSSR count). The number of pyridine rings is 1. The van der Waals surface area contributed by atoms with E-state index in [1.807, 2.05) is 12.3 Å². The predicted octanol–water partition coefficient (Wildman–Crippen LogP) is 2.23. The Labute approximate surface area is 83.1 Å². The first kappa shape index (κ1) is 9.03. The molecule has 1 aromatic rings. The topological polar surface area (TPSA) is 24.9 Å². The molecule has 1 aromatic heterocycles. The molecule has 70 valence electrons. The van der Waals surface area contributed by atoms with Gasteiger partial charge in [0, 0.05) is 17.8 Å². The Balaban J connectivity index is 2.26. The summed E-state index contributed by atoms with van der Waals surface area (Å²) in [5.41, 5.74) is 1.37. The molecule has 1 saturated heterocycles. The maximum Gasteiger partial charge on any atom is 0.100 e. The van der Waals surface area contributed by atoms with Crippen LogP contribution >= 0.6 is 11.8 Å². The summed E-state index contributed by atoms with van der Waals surface area (Å²) in [5.74, 6) is 0. The van der Waals surface area contributed by atoms with E-state index in [1.165, 1.54) is 23.4 Å². The smallest absolute Gasteiger partial charge is 0.100 e. The van der Waals surface area contributed by atoms with Crippen LogP contribution in [0.25, 0.3) is 0 Å². The zero-order valence-electron chi connectivity index (χ0n) is 7.79. The van der Waals surface area contributed by atoms with E-state index >= 15 is 0 Å². The highest BCUT2D eigenvalue weighted by Crippen LogP contribution is 2.28. The van der Waals surface area contributed by atoms with E-state index in [4.69, 9.17) is 0 Å². The van der Waals surface area contributed by atoms with Crippen molar-refractivity contribution in [1.82, 2.24) is 10.3 Å². The molecular weight excluding hydrogens is 180 g/mol. The molecule has 0 aliphatic carbocycles. The molecule has 13 heavy (non-hydrogen) atoms. The summed E-state index contributed by atoms with van der Waals surface area (Å²) in [5, 5.41) is 4.66. The first-order valence-corrected chi connectivity index (χ1v) is 5.86. The lowest BCUT2D eigenvalue weighted by Gasteiger charge is -2.12. The summed E-state index contributed by atoms with van der Waals surface area (Å²) in [6.45, 7) is 1.15. The Morgan fingerprint density at radius 3 is 3.23 bits per heavy atom. The highest BCUT2D eigenvalue weighted by Gasteiger charge is 2.18. The van der Waals surface area contributed by atoms with Gasteiger partial charge in [0.2, 0.25) is 0 Å². The minimum absolute atomic E-state index is 0.538. The van der Waals surface area contributed by atoms with Gasteiger partial charge in [-0.05, 0) is 31.7 Å². The molecule has 0 unspecified atom stereocenters. The van der Waals surface area contributed by atoms with Crippen molar-refractivity contribution >= 4 is 11.8 Å². The molecule has 0 spiro atoms. The van der Waals surface area contributed by atoms with E-state index in [-0.39, 0.29) is 0 Å². The summed E-state index contributed by atoms with van der Waals surface area (Å²) in [6.07, 6.45) is 6.48. The molecular formula is C10H14N2S. The van der Waals surface area contributed by atoms with Gasteiger partial charge in [0.15, 0.2) is 0 Å². The first-order valence-electron chi connectivity index (χ1n) is 4.64. The molecule has 1 N–H and O–H groups in total. The molecule has 2 heterocycles. The van der Waals surface area contributed by atoms with Crippen LogP contribution in [0.4, 0.5) is 0 Å². The van der Waals surface area contributed by atoms with Crippen LogP contribution in [0.3, 0.4) is 0 Å². The fourth-order valence-corrected chi connectivity index (χ4v) is 2.40. The van der Waals surface area contributed by atoms with Crippen molar-refractivity contribution in [2.45, 2.75) is 23.9 Å². The van der Waals surface area contributed by atoms with Gasteiger partial charge in [-0.1, -0.05) is 6.07 Å². The van der Waals surface area contributed by atoms with Gasteiger partial charge < -0.3 is 5.32 Å². The highest BCUT2D eigenvalue weighted by atomic mass is 32.2. The van der Waals surface area contributed by atoms with Crippen LogP contribution < -0.4 is 5.32 Å². The molecule has 0 aromatic carbocycles. The normalized spacial score (nSPS) is 22.1. The summed E-state index contributed by atoms with van der Waals surface area (Å²) < 4.78 is 0. The van der Waals surface area contributed by atoms with Gasteiger partial charge in [0.05, 0.1) is 0 Å². The SMILES string of the molecule is CSc1ncccc1[C@H]1CCCN1. The number of rotatable bonds is 2. The second-order valence-electron chi connectivity index (χ2n) is 3.25. The van der Waals surface area contributed by atoms with Crippen molar-refractivity contribution in [3.05, 3.63) is 23.9 Å². The Hall–Kier alpha value is -0.540. The van der Waals surface area contributed by atoms with Crippen LogP contribution in [-0.4, -0.2) is 17.8 Å². The minimum atomic E-state index is 0.538. The predicted molar refractivity (Wildman–Crippen MR) is 56.0 cm³/mol. The quantitative estimate of drug-likeness (QED) is 0.731. The molecule has 3 heteroatoms. The lowest BCUT2D eigenvalue weighted by atomic mass is 10.1. The van der Waals surface area contributed by atoms with Gasteiger partial charge in [-0.2, -0.15) is 0 Å². The zero-order chi connectivity index (χ0) is 9.10. The lowest BCUT2D eigenvalue weighted by Crippen LogP contribution is -2.13.